The third-order valence-electron chi connectivity index (χ3n) is 12.1. The first-order valence-electron chi connectivity index (χ1n) is 18.1. The minimum absolute atomic E-state index is 0.0616. The van der Waals surface area contributed by atoms with Crippen LogP contribution in [0.4, 0.5) is 27.8 Å². The van der Waals surface area contributed by atoms with Gasteiger partial charge in [-0.25, -0.2) is 8.78 Å². The molecule has 0 spiro atoms. The van der Waals surface area contributed by atoms with Gasteiger partial charge >= 0.3 is 12.2 Å². The van der Waals surface area contributed by atoms with Crippen molar-refractivity contribution in [1.82, 2.24) is 19.9 Å². The lowest BCUT2D eigenvalue weighted by Gasteiger charge is -2.55. The second kappa shape index (κ2) is 12.6. The molecule has 2 aromatic carbocycles. The molecule has 4 heterocycles. The number of aliphatic hydroxyl groups is 2. The average molecular weight is 738 g/mol. The van der Waals surface area contributed by atoms with Crippen molar-refractivity contribution in [2.45, 2.75) is 94.2 Å². The van der Waals surface area contributed by atoms with Gasteiger partial charge in [0.25, 0.3) is 0 Å². The van der Waals surface area contributed by atoms with E-state index < -0.39 is 40.5 Å². The Labute approximate surface area is 302 Å². The number of β-amino-alcohol motifs (C(OH)–C–C–N with tert-alkyl or cyclic N) is 1. The number of terminal acetylenes is 1. The van der Waals surface area contributed by atoms with E-state index in [1.807, 2.05) is 4.90 Å². The average Bonchev–Trinajstić information content (AvgIpc) is 3.53. The van der Waals surface area contributed by atoms with Gasteiger partial charge in [-0.3, -0.25) is 9.88 Å². The number of anilines is 1. The first-order valence-corrected chi connectivity index (χ1v) is 18.1. The lowest BCUT2D eigenvalue weighted by atomic mass is 9.69. The number of phenolic OH excluding ortho intramolecular Hbond substituents is 1. The molecule has 4 aromatic rings. The number of rotatable bonds is 6. The van der Waals surface area contributed by atoms with E-state index in [1.165, 1.54) is 30.5 Å². The number of aromatic hydroxyl groups is 1. The predicted molar refractivity (Wildman–Crippen MR) is 187 cm³/mol. The number of fused-ring (bicyclic) bond motifs is 3. The fourth-order valence-electron chi connectivity index (χ4n) is 9.44. The van der Waals surface area contributed by atoms with Crippen LogP contribution in [0.1, 0.15) is 70.3 Å². The quantitative estimate of drug-likeness (QED) is 0.148. The molecule has 0 bridgehead atoms. The fourth-order valence-corrected chi connectivity index (χ4v) is 9.44. The smallest absolute Gasteiger partial charge is 0.417 e. The number of pyridine rings is 1. The van der Waals surface area contributed by atoms with E-state index in [0.29, 0.717) is 37.1 Å². The van der Waals surface area contributed by atoms with Gasteiger partial charge in [0.1, 0.15) is 28.6 Å². The Bertz CT molecular complexity index is 2150. The van der Waals surface area contributed by atoms with Gasteiger partial charge in [-0.05, 0) is 75.6 Å². The molecule has 4 fully saturated rings. The highest BCUT2D eigenvalue weighted by Crippen LogP contribution is 2.54. The molecule has 2 aliphatic heterocycles. The highest BCUT2D eigenvalue weighted by molar-refractivity contribution is 6.03. The molecule has 4 aliphatic rings. The summed E-state index contributed by atoms with van der Waals surface area (Å²) in [5.41, 5.74) is -4.52. The number of hydrogen-bond acceptors (Lipinski definition) is 9. The Morgan fingerprint density at radius 3 is 2.53 bits per heavy atom. The normalized spacial score (nSPS) is 29.2. The Balaban J connectivity index is 1.18. The molecule has 53 heavy (non-hydrogen) atoms. The molecule has 8 rings (SSSR count). The Hall–Kier alpha value is -4.32. The number of alkyl halides is 3. The van der Waals surface area contributed by atoms with Crippen LogP contribution in [0, 0.1) is 29.4 Å². The molecule has 2 saturated carbocycles. The zero-order valence-corrected chi connectivity index (χ0v) is 29.2. The van der Waals surface area contributed by atoms with Crippen LogP contribution >= 0.6 is 0 Å². The molecule has 9 nitrogen and oxygen atoms in total. The summed E-state index contributed by atoms with van der Waals surface area (Å²) in [6.07, 6.45) is 6.83. The maximum Gasteiger partial charge on any atom is 0.417 e. The Kier molecular flexibility index (Phi) is 8.51. The predicted octanol–water partition coefficient (Wildman–Crippen LogP) is 6.63. The van der Waals surface area contributed by atoms with Crippen LogP contribution in [0.3, 0.4) is 0 Å². The van der Waals surface area contributed by atoms with E-state index in [-0.39, 0.29) is 76.9 Å². The molecule has 0 radical (unpaired) electrons. The minimum Gasteiger partial charge on any atom is -0.508 e. The second-order valence-electron chi connectivity index (χ2n) is 15.7. The standard InChI is InChI=1S/C39H40F5N5O4/c1-3-25-28(40)9-8-22-15-24(50)16-26(30(22)25)32-31(41)33-27(19-45-32)34(48-13-5-10-36(2,51)20-48)47-35(46-33)53-21-37-11-4-7-29(37)49(14-6-12-37)23-17-38(52,18-23)39(42,43)44/h1,8-9,15-16,19,23,29,50-52H,4-7,10-14,17-18,20-21H2,2H3/t23?,29-,36-,37-,38?/m1/s1. The number of halogens is 5. The fraction of sp³-hybridized carbons (Fsp3) is 0.513. The van der Waals surface area contributed by atoms with Crippen molar-refractivity contribution in [3.8, 4) is 35.4 Å². The van der Waals surface area contributed by atoms with E-state index in [2.05, 4.69) is 20.8 Å². The van der Waals surface area contributed by atoms with E-state index in [0.717, 1.165) is 32.1 Å². The minimum atomic E-state index is -4.68. The summed E-state index contributed by atoms with van der Waals surface area (Å²) in [6, 6.07) is 4.72. The summed E-state index contributed by atoms with van der Waals surface area (Å²) < 4.78 is 78.8. The molecule has 0 amide bonds. The molecule has 3 N–H and O–H groups in total. The van der Waals surface area contributed by atoms with Gasteiger partial charge in [0.2, 0.25) is 0 Å². The van der Waals surface area contributed by atoms with Crippen LogP contribution in [0.2, 0.25) is 0 Å². The van der Waals surface area contributed by atoms with Crippen LogP contribution in [-0.2, 0) is 0 Å². The van der Waals surface area contributed by atoms with Gasteiger partial charge in [-0.1, -0.05) is 18.4 Å². The number of benzene rings is 2. The van der Waals surface area contributed by atoms with Crippen molar-refractivity contribution in [3.63, 3.8) is 0 Å². The van der Waals surface area contributed by atoms with E-state index >= 15 is 4.39 Å². The number of nitrogens with zero attached hydrogens (tertiary/aromatic N) is 5. The molecule has 2 aromatic heterocycles. The van der Waals surface area contributed by atoms with Gasteiger partial charge in [-0.2, -0.15) is 23.1 Å². The third kappa shape index (κ3) is 6.01. The summed E-state index contributed by atoms with van der Waals surface area (Å²) in [5, 5.41) is 32.6. The number of ether oxygens (including phenoxy) is 1. The van der Waals surface area contributed by atoms with Gasteiger partial charge < -0.3 is 25.0 Å². The molecule has 2 aliphatic carbocycles. The molecule has 3 atom stereocenters. The van der Waals surface area contributed by atoms with Crippen molar-refractivity contribution in [2.24, 2.45) is 5.41 Å². The van der Waals surface area contributed by atoms with Gasteiger partial charge in [-0.15, -0.1) is 6.42 Å². The van der Waals surface area contributed by atoms with Crippen LogP contribution in [0.25, 0.3) is 32.9 Å². The second-order valence-corrected chi connectivity index (χ2v) is 15.7. The molecule has 2 saturated heterocycles. The summed E-state index contributed by atoms with van der Waals surface area (Å²) in [5.74, 6) is 0.880. The monoisotopic (exact) mass is 737 g/mol. The Morgan fingerprint density at radius 2 is 1.79 bits per heavy atom. The zero-order valence-electron chi connectivity index (χ0n) is 29.2. The molecular weight excluding hydrogens is 697 g/mol. The first-order chi connectivity index (χ1) is 25.1. The molecule has 14 heteroatoms. The van der Waals surface area contributed by atoms with Crippen LogP contribution in [-0.4, -0.2) is 90.9 Å². The first kappa shape index (κ1) is 35.7. The van der Waals surface area contributed by atoms with Crippen molar-refractivity contribution >= 4 is 27.5 Å². The van der Waals surface area contributed by atoms with Crippen molar-refractivity contribution in [3.05, 3.63) is 47.7 Å². The molecule has 0 unspecified atom stereocenters. The highest BCUT2D eigenvalue weighted by Gasteiger charge is 2.64. The zero-order chi connectivity index (χ0) is 37.5. The molecular formula is C39H40F5N5O4. The van der Waals surface area contributed by atoms with E-state index in [1.54, 1.807) is 6.92 Å². The number of aromatic nitrogens is 3. The van der Waals surface area contributed by atoms with Gasteiger partial charge in [0.15, 0.2) is 11.4 Å². The summed E-state index contributed by atoms with van der Waals surface area (Å²) in [7, 11) is 0. The number of phenols is 1. The van der Waals surface area contributed by atoms with Gasteiger partial charge in [0.05, 0.1) is 23.2 Å². The summed E-state index contributed by atoms with van der Waals surface area (Å²) >= 11 is 0. The lowest BCUT2D eigenvalue weighted by molar-refractivity contribution is -0.303. The van der Waals surface area contributed by atoms with E-state index in [9.17, 15) is 32.9 Å². The number of likely N-dealkylation sites (tertiary alicyclic amines) is 1. The van der Waals surface area contributed by atoms with Crippen molar-refractivity contribution in [1.29, 1.82) is 0 Å². The summed E-state index contributed by atoms with van der Waals surface area (Å²) in [6.45, 7) is 3.22. The Morgan fingerprint density at radius 1 is 1.04 bits per heavy atom. The topological polar surface area (TPSA) is 115 Å². The number of hydrogen-bond donors (Lipinski definition) is 3. The van der Waals surface area contributed by atoms with Crippen LogP contribution < -0.4 is 9.64 Å². The SMILES string of the molecule is C#Cc1c(F)ccc2cc(O)cc(-c3ncc4c(N5CCC[C@@](C)(O)C5)nc(OC[C@]56CCC[C@H]5N(C5CC(O)(C(F)(F)F)C5)CCC6)nc4c3F)c12. The van der Waals surface area contributed by atoms with E-state index in [4.69, 9.17) is 16.1 Å². The molecule has 280 valence electrons. The van der Waals surface area contributed by atoms with Crippen LogP contribution in [0.15, 0.2) is 30.5 Å². The summed E-state index contributed by atoms with van der Waals surface area (Å²) in [4.78, 5) is 17.7. The maximum atomic E-state index is 17.0. The van der Waals surface area contributed by atoms with Crippen LogP contribution in [0.5, 0.6) is 11.8 Å². The highest BCUT2D eigenvalue weighted by atomic mass is 19.4. The van der Waals surface area contributed by atoms with Crippen molar-refractivity contribution in [2.75, 3.05) is 31.1 Å². The van der Waals surface area contributed by atoms with Gasteiger partial charge in [0, 0.05) is 60.6 Å². The lowest BCUT2D eigenvalue weighted by Crippen LogP contribution is -2.66. The number of piperidine rings is 2. The third-order valence-corrected chi connectivity index (χ3v) is 12.1. The largest absolute Gasteiger partial charge is 0.508 e. The van der Waals surface area contributed by atoms with Crippen molar-refractivity contribution < 1.29 is 42.0 Å². The maximum absolute atomic E-state index is 17.0.